The molecule has 194 valence electrons. The molecule has 5 aromatic carbocycles. The van der Waals surface area contributed by atoms with Crippen molar-refractivity contribution in [3.8, 4) is 11.1 Å². The van der Waals surface area contributed by atoms with E-state index in [9.17, 15) is 0 Å². The van der Waals surface area contributed by atoms with Crippen molar-refractivity contribution in [3.05, 3.63) is 108 Å². The molecular formula is C38H33N2+. The van der Waals surface area contributed by atoms with Gasteiger partial charge >= 0.3 is 0 Å². The third-order valence-corrected chi connectivity index (χ3v) is 8.84. The second kappa shape index (κ2) is 8.05. The molecule has 0 aliphatic carbocycles. The van der Waals surface area contributed by atoms with E-state index in [4.69, 9.17) is 0 Å². The summed E-state index contributed by atoms with van der Waals surface area (Å²) in [4.78, 5) is 0. The number of aromatic nitrogens is 2. The van der Waals surface area contributed by atoms with Crippen LogP contribution in [0.3, 0.4) is 0 Å². The largest absolute Gasteiger partial charge is 0.307 e. The molecule has 8 rings (SSSR count). The van der Waals surface area contributed by atoms with Gasteiger partial charge in [-0.05, 0) is 69.3 Å². The molecule has 0 amide bonds. The van der Waals surface area contributed by atoms with E-state index in [0.29, 0.717) is 0 Å². The van der Waals surface area contributed by atoms with Gasteiger partial charge in [-0.1, -0.05) is 93.6 Å². The lowest BCUT2D eigenvalue weighted by molar-refractivity contribution is -0.643. The predicted octanol–water partition coefficient (Wildman–Crippen LogP) is 9.53. The monoisotopic (exact) mass is 517 g/mol. The van der Waals surface area contributed by atoms with Gasteiger partial charge < -0.3 is 4.40 Å². The summed E-state index contributed by atoms with van der Waals surface area (Å²) >= 11 is 0. The molecule has 40 heavy (non-hydrogen) atoms. The standard InChI is InChI=1S/C38H33N2/c1-23-26-15-9-10-16-27(26)30(22-38(2,3)4)35-32(23)36-33-25(19-20-39(36)5)21-29(24-13-7-6-8-14-24)34-28-17-11-12-18-31(28)40(35)37(33)34/h6-21H,22H2,1-5H3/q+1. The molecule has 0 aliphatic rings. The van der Waals surface area contributed by atoms with Crippen LogP contribution in [0.2, 0.25) is 0 Å². The van der Waals surface area contributed by atoms with Crippen LogP contribution in [0.5, 0.6) is 0 Å². The fourth-order valence-electron chi connectivity index (χ4n) is 7.30. The smallest absolute Gasteiger partial charge is 0.224 e. The van der Waals surface area contributed by atoms with E-state index >= 15 is 0 Å². The van der Waals surface area contributed by atoms with Gasteiger partial charge in [0, 0.05) is 16.8 Å². The van der Waals surface area contributed by atoms with Crippen LogP contribution in [0.4, 0.5) is 0 Å². The number of nitrogens with zero attached hydrogens (tertiary/aromatic N) is 2. The summed E-state index contributed by atoms with van der Waals surface area (Å²) in [7, 11) is 2.21. The minimum absolute atomic E-state index is 0.133. The zero-order chi connectivity index (χ0) is 27.3. The molecule has 0 saturated heterocycles. The fourth-order valence-corrected chi connectivity index (χ4v) is 7.30. The number of hydrogen-bond donors (Lipinski definition) is 0. The molecule has 8 aromatic rings. The first-order valence-electron chi connectivity index (χ1n) is 14.3. The quantitative estimate of drug-likeness (QED) is 0.123. The van der Waals surface area contributed by atoms with Crippen LogP contribution in [0, 0.1) is 12.3 Å². The van der Waals surface area contributed by atoms with Crippen LogP contribution in [0.15, 0.2) is 97.2 Å². The van der Waals surface area contributed by atoms with Crippen molar-refractivity contribution in [2.24, 2.45) is 12.5 Å². The van der Waals surface area contributed by atoms with E-state index < -0.39 is 0 Å². The Balaban J connectivity index is 1.78. The molecule has 2 nitrogen and oxygen atoms in total. The van der Waals surface area contributed by atoms with Gasteiger partial charge in [0.05, 0.1) is 27.3 Å². The zero-order valence-corrected chi connectivity index (χ0v) is 23.8. The van der Waals surface area contributed by atoms with Gasteiger partial charge in [-0.2, -0.15) is 0 Å². The maximum absolute atomic E-state index is 2.63. The third kappa shape index (κ3) is 3.08. The number of para-hydroxylation sites is 1. The number of aryl methyl sites for hydroxylation is 2. The normalized spacial score (nSPS) is 12.7. The van der Waals surface area contributed by atoms with Crippen molar-refractivity contribution >= 4 is 59.8 Å². The first-order valence-corrected chi connectivity index (χ1v) is 14.3. The van der Waals surface area contributed by atoms with Gasteiger partial charge in [-0.3, -0.25) is 0 Å². The highest BCUT2D eigenvalue weighted by molar-refractivity contribution is 6.31. The highest BCUT2D eigenvalue weighted by Crippen LogP contribution is 2.47. The maximum Gasteiger partial charge on any atom is 0.224 e. The van der Waals surface area contributed by atoms with Crippen molar-refractivity contribution in [1.82, 2.24) is 4.40 Å². The number of benzene rings is 5. The Kier molecular flexibility index (Phi) is 4.72. The molecule has 3 aromatic heterocycles. The molecule has 0 atom stereocenters. The van der Waals surface area contributed by atoms with E-state index in [1.54, 1.807) is 0 Å². The molecule has 0 spiro atoms. The molecule has 0 radical (unpaired) electrons. The maximum atomic E-state index is 2.63. The van der Waals surface area contributed by atoms with Crippen molar-refractivity contribution in [2.75, 3.05) is 0 Å². The number of fused-ring (bicyclic) bond motifs is 7. The summed E-state index contributed by atoms with van der Waals surface area (Å²) in [5.41, 5.74) is 10.8. The molecule has 0 N–H and O–H groups in total. The van der Waals surface area contributed by atoms with Gasteiger partial charge in [0.25, 0.3) is 0 Å². The summed E-state index contributed by atoms with van der Waals surface area (Å²) < 4.78 is 4.98. The van der Waals surface area contributed by atoms with Gasteiger partial charge in [0.2, 0.25) is 5.52 Å². The number of pyridine rings is 2. The molecule has 0 aliphatic heterocycles. The zero-order valence-electron chi connectivity index (χ0n) is 23.8. The predicted molar refractivity (Wildman–Crippen MR) is 171 cm³/mol. The second-order valence-corrected chi connectivity index (χ2v) is 12.7. The van der Waals surface area contributed by atoms with Crippen LogP contribution >= 0.6 is 0 Å². The molecule has 2 heteroatoms. The average Bonchev–Trinajstić information content (AvgIpc) is 3.30. The molecular weight excluding hydrogens is 484 g/mol. The minimum Gasteiger partial charge on any atom is -0.307 e. The lowest BCUT2D eigenvalue weighted by Gasteiger charge is -2.24. The van der Waals surface area contributed by atoms with Gasteiger partial charge in [0.1, 0.15) is 7.05 Å². The first kappa shape index (κ1) is 23.5. The Labute approximate surface area is 234 Å². The topological polar surface area (TPSA) is 8.29 Å². The van der Waals surface area contributed by atoms with Crippen LogP contribution in [-0.2, 0) is 13.5 Å². The summed E-state index contributed by atoms with van der Waals surface area (Å²) in [5.74, 6) is 0. The third-order valence-electron chi connectivity index (χ3n) is 8.84. The summed E-state index contributed by atoms with van der Waals surface area (Å²) in [6, 6.07) is 33.7. The molecule has 0 unspecified atom stereocenters. The molecule has 3 heterocycles. The fraction of sp³-hybridized carbons (Fsp3) is 0.184. The van der Waals surface area contributed by atoms with Crippen molar-refractivity contribution in [1.29, 1.82) is 0 Å². The van der Waals surface area contributed by atoms with Crippen LogP contribution in [-0.4, -0.2) is 4.40 Å². The van der Waals surface area contributed by atoms with Gasteiger partial charge in [-0.15, -0.1) is 0 Å². The highest BCUT2D eigenvalue weighted by atomic mass is 15.0. The van der Waals surface area contributed by atoms with E-state index in [-0.39, 0.29) is 5.41 Å². The van der Waals surface area contributed by atoms with Crippen molar-refractivity contribution in [3.63, 3.8) is 0 Å². The minimum atomic E-state index is 0.133. The number of hydrogen-bond acceptors (Lipinski definition) is 0. The number of rotatable bonds is 2. The lowest BCUT2D eigenvalue weighted by Crippen LogP contribution is -2.29. The van der Waals surface area contributed by atoms with Crippen molar-refractivity contribution in [2.45, 2.75) is 34.1 Å². The summed E-state index contributed by atoms with van der Waals surface area (Å²) in [6.07, 6.45) is 3.25. The lowest BCUT2D eigenvalue weighted by atomic mass is 9.83. The molecule has 0 saturated carbocycles. The van der Waals surface area contributed by atoms with E-state index in [1.807, 2.05) is 0 Å². The Bertz CT molecular complexity index is 2280. The molecule has 0 bridgehead atoms. The molecule has 0 fully saturated rings. The summed E-state index contributed by atoms with van der Waals surface area (Å²) in [5, 5.41) is 9.40. The summed E-state index contributed by atoms with van der Waals surface area (Å²) in [6.45, 7) is 9.42. The van der Waals surface area contributed by atoms with Crippen LogP contribution < -0.4 is 4.57 Å². The van der Waals surface area contributed by atoms with E-state index in [0.717, 1.165) is 6.42 Å². The van der Waals surface area contributed by atoms with Gasteiger partial charge in [-0.25, -0.2) is 4.57 Å². The highest BCUT2D eigenvalue weighted by Gasteiger charge is 2.29. The average molecular weight is 518 g/mol. The first-order chi connectivity index (χ1) is 19.3. The van der Waals surface area contributed by atoms with Gasteiger partial charge in [0.15, 0.2) is 6.20 Å². The Morgan fingerprint density at radius 3 is 2.12 bits per heavy atom. The van der Waals surface area contributed by atoms with E-state index in [2.05, 4.69) is 141 Å². The second-order valence-electron chi connectivity index (χ2n) is 12.7. The van der Waals surface area contributed by atoms with Crippen LogP contribution in [0.25, 0.3) is 70.9 Å². The van der Waals surface area contributed by atoms with Crippen LogP contribution in [0.1, 0.15) is 31.9 Å². The van der Waals surface area contributed by atoms with Crippen molar-refractivity contribution < 1.29 is 4.57 Å². The Morgan fingerprint density at radius 1 is 0.700 bits per heavy atom. The SMILES string of the molecule is Cc1c2ccccc2c(CC(C)(C)C)c2c1c1c3c(cc[n+]1C)cc(-c1ccccc1)c1c4ccccc4n2c13. The Morgan fingerprint density at radius 2 is 1.38 bits per heavy atom. The van der Waals surface area contributed by atoms with E-state index in [1.165, 1.54) is 82.0 Å². The Hall–Kier alpha value is -4.43.